The lowest BCUT2D eigenvalue weighted by atomic mass is 10.3. The number of hydrogen-bond donors (Lipinski definition) is 0. The van der Waals surface area contributed by atoms with Gasteiger partial charge < -0.3 is 9.30 Å². The topological polar surface area (TPSA) is 31.2 Å². The van der Waals surface area contributed by atoms with Gasteiger partial charge in [0.05, 0.1) is 5.69 Å². The second kappa shape index (κ2) is 2.91. The van der Waals surface area contributed by atoms with E-state index in [0.29, 0.717) is 0 Å². The first-order chi connectivity index (χ1) is 6.18. The summed E-state index contributed by atoms with van der Waals surface area (Å²) in [6, 6.07) is 1.98. The fraction of sp³-hybridized carbons (Fsp3) is 0.500. The summed E-state index contributed by atoms with van der Waals surface area (Å²) in [5, 5.41) is 0. The number of carbonyl (C=O) groups excluding carboxylic acids is 1. The summed E-state index contributed by atoms with van der Waals surface area (Å²) in [5.74, 6) is 0.481. The van der Waals surface area contributed by atoms with Crippen LogP contribution in [0.3, 0.4) is 0 Å². The summed E-state index contributed by atoms with van der Waals surface area (Å²) in [4.78, 5) is 10.8. The van der Waals surface area contributed by atoms with Gasteiger partial charge in [0.25, 0.3) is 0 Å². The molecule has 3 heteroatoms. The third kappa shape index (κ3) is 1.34. The standard InChI is InChI=1S/C10H13NO2/c1-7-10(13-8(2)12)6-9-4-3-5-11(7)9/h6H,3-5H2,1-2H3. The number of nitrogens with zero attached hydrogens (tertiary/aromatic N) is 1. The Labute approximate surface area is 77.3 Å². The monoisotopic (exact) mass is 179 g/mol. The van der Waals surface area contributed by atoms with Crippen LogP contribution in [0.25, 0.3) is 0 Å². The predicted octanol–water partition coefficient (Wildman–Crippen LogP) is 1.67. The van der Waals surface area contributed by atoms with E-state index in [4.69, 9.17) is 4.74 Å². The summed E-state index contributed by atoms with van der Waals surface area (Å²) in [5.41, 5.74) is 2.36. The van der Waals surface area contributed by atoms with Crippen LogP contribution in [0.5, 0.6) is 5.75 Å². The van der Waals surface area contributed by atoms with Crippen LogP contribution in [-0.2, 0) is 17.8 Å². The van der Waals surface area contributed by atoms with E-state index in [-0.39, 0.29) is 5.97 Å². The number of hydrogen-bond acceptors (Lipinski definition) is 2. The zero-order valence-electron chi connectivity index (χ0n) is 7.96. The molecule has 0 fully saturated rings. The van der Waals surface area contributed by atoms with Crippen molar-refractivity contribution in [3.63, 3.8) is 0 Å². The highest BCUT2D eigenvalue weighted by Gasteiger charge is 2.17. The van der Waals surface area contributed by atoms with Crippen molar-refractivity contribution in [1.29, 1.82) is 0 Å². The van der Waals surface area contributed by atoms with Crippen LogP contribution in [-0.4, -0.2) is 10.5 Å². The molecule has 0 bridgehead atoms. The van der Waals surface area contributed by atoms with Crippen molar-refractivity contribution in [3.8, 4) is 5.75 Å². The molecule has 1 aromatic rings. The lowest BCUT2D eigenvalue weighted by molar-refractivity contribution is -0.131. The fourth-order valence-electron chi connectivity index (χ4n) is 1.88. The first-order valence-electron chi connectivity index (χ1n) is 4.56. The maximum absolute atomic E-state index is 10.8. The summed E-state index contributed by atoms with van der Waals surface area (Å²) < 4.78 is 7.30. The Kier molecular flexibility index (Phi) is 1.87. The normalized spacial score (nSPS) is 14.3. The molecule has 0 aromatic carbocycles. The number of aryl methyl sites for hydroxylation is 1. The largest absolute Gasteiger partial charge is 0.425 e. The molecular weight excluding hydrogens is 166 g/mol. The molecule has 2 heterocycles. The molecule has 3 nitrogen and oxygen atoms in total. The highest BCUT2D eigenvalue weighted by atomic mass is 16.5. The SMILES string of the molecule is CC(=O)Oc1cc2n(c1C)CCC2. The number of esters is 1. The van der Waals surface area contributed by atoms with E-state index < -0.39 is 0 Å². The van der Waals surface area contributed by atoms with Gasteiger partial charge in [0.2, 0.25) is 0 Å². The number of carbonyl (C=O) groups is 1. The maximum Gasteiger partial charge on any atom is 0.308 e. The van der Waals surface area contributed by atoms with Crippen molar-refractivity contribution in [2.24, 2.45) is 0 Å². The first kappa shape index (κ1) is 8.35. The van der Waals surface area contributed by atoms with Gasteiger partial charge in [-0.1, -0.05) is 0 Å². The zero-order valence-corrected chi connectivity index (χ0v) is 7.96. The molecule has 0 saturated carbocycles. The van der Waals surface area contributed by atoms with Gasteiger partial charge in [-0.05, 0) is 19.8 Å². The van der Waals surface area contributed by atoms with E-state index in [9.17, 15) is 4.79 Å². The first-order valence-corrected chi connectivity index (χ1v) is 4.56. The van der Waals surface area contributed by atoms with Crippen molar-refractivity contribution in [2.75, 3.05) is 0 Å². The fourth-order valence-corrected chi connectivity index (χ4v) is 1.88. The summed E-state index contributed by atoms with van der Waals surface area (Å²) >= 11 is 0. The van der Waals surface area contributed by atoms with Gasteiger partial charge in [-0.3, -0.25) is 4.79 Å². The highest BCUT2D eigenvalue weighted by molar-refractivity contribution is 5.69. The quantitative estimate of drug-likeness (QED) is 0.614. The molecule has 0 N–H and O–H groups in total. The Bertz CT molecular complexity index is 352. The molecule has 0 radical (unpaired) electrons. The van der Waals surface area contributed by atoms with Crippen molar-refractivity contribution < 1.29 is 9.53 Å². The minimum atomic E-state index is -0.243. The number of ether oxygens (including phenoxy) is 1. The van der Waals surface area contributed by atoms with Gasteiger partial charge in [-0.15, -0.1) is 0 Å². The lowest BCUT2D eigenvalue weighted by Crippen LogP contribution is -2.03. The molecule has 0 saturated heterocycles. The van der Waals surface area contributed by atoms with Crippen molar-refractivity contribution in [2.45, 2.75) is 33.2 Å². The third-order valence-electron chi connectivity index (χ3n) is 2.47. The summed E-state index contributed by atoms with van der Waals surface area (Å²) in [6.07, 6.45) is 2.30. The Morgan fingerprint density at radius 2 is 2.38 bits per heavy atom. The second-order valence-electron chi connectivity index (χ2n) is 3.43. The van der Waals surface area contributed by atoms with Crippen molar-refractivity contribution in [1.82, 2.24) is 4.57 Å². The number of fused-ring (bicyclic) bond motifs is 1. The molecule has 1 aromatic heterocycles. The highest BCUT2D eigenvalue weighted by Crippen LogP contribution is 2.28. The van der Waals surface area contributed by atoms with Crippen LogP contribution in [0.1, 0.15) is 24.7 Å². The molecule has 1 aliphatic heterocycles. The predicted molar refractivity (Wildman–Crippen MR) is 48.8 cm³/mol. The Morgan fingerprint density at radius 3 is 3.00 bits per heavy atom. The average molecular weight is 179 g/mol. The van der Waals surface area contributed by atoms with Crippen molar-refractivity contribution in [3.05, 3.63) is 17.5 Å². The molecule has 0 aliphatic carbocycles. The van der Waals surface area contributed by atoms with Crippen LogP contribution < -0.4 is 4.74 Å². The van der Waals surface area contributed by atoms with E-state index in [1.54, 1.807) is 0 Å². The third-order valence-corrected chi connectivity index (χ3v) is 2.47. The van der Waals surface area contributed by atoms with Gasteiger partial charge in [-0.2, -0.15) is 0 Å². The van der Waals surface area contributed by atoms with Gasteiger partial charge in [0.1, 0.15) is 0 Å². The molecule has 0 amide bonds. The Balaban J connectivity index is 2.33. The molecule has 0 atom stereocenters. The Hall–Kier alpha value is -1.25. The zero-order chi connectivity index (χ0) is 9.42. The molecule has 0 spiro atoms. The molecular formula is C10H13NO2. The number of rotatable bonds is 1. The van der Waals surface area contributed by atoms with Crippen molar-refractivity contribution >= 4 is 5.97 Å². The molecule has 0 unspecified atom stereocenters. The van der Waals surface area contributed by atoms with E-state index >= 15 is 0 Å². The second-order valence-corrected chi connectivity index (χ2v) is 3.43. The van der Waals surface area contributed by atoms with Gasteiger partial charge in [0.15, 0.2) is 5.75 Å². The minimum Gasteiger partial charge on any atom is -0.425 e. The minimum absolute atomic E-state index is 0.243. The summed E-state index contributed by atoms with van der Waals surface area (Å²) in [6.45, 7) is 4.48. The van der Waals surface area contributed by atoms with Crippen LogP contribution >= 0.6 is 0 Å². The molecule has 70 valence electrons. The van der Waals surface area contributed by atoms with Gasteiger partial charge >= 0.3 is 5.97 Å². The number of aromatic nitrogens is 1. The smallest absolute Gasteiger partial charge is 0.308 e. The van der Waals surface area contributed by atoms with Crippen LogP contribution in [0, 0.1) is 6.92 Å². The van der Waals surface area contributed by atoms with Gasteiger partial charge in [0, 0.05) is 25.2 Å². The van der Waals surface area contributed by atoms with Crippen LogP contribution in [0.15, 0.2) is 6.07 Å². The van der Waals surface area contributed by atoms with Gasteiger partial charge in [-0.25, -0.2) is 0 Å². The van der Waals surface area contributed by atoms with Crippen LogP contribution in [0.4, 0.5) is 0 Å². The molecule has 1 aliphatic rings. The van der Waals surface area contributed by atoms with E-state index in [0.717, 1.165) is 24.4 Å². The lowest BCUT2D eigenvalue weighted by Gasteiger charge is -2.02. The molecule has 2 rings (SSSR count). The summed E-state index contributed by atoms with van der Waals surface area (Å²) in [7, 11) is 0. The van der Waals surface area contributed by atoms with Crippen LogP contribution in [0.2, 0.25) is 0 Å². The molecule has 13 heavy (non-hydrogen) atoms. The van der Waals surface area contributed by atoms with E-state index in [1.807, 2.05) is 13.0 Å². The maximum atomic E-state index is 10.8. The van der Waals surface area contributed by atoms with E-state index in [1.165, 1.54) is 19.0 Å². The Morgan fingerprint density at radius 1 is 1.62 bits per heavy atom. The average Bonchev–Trinajstić information content (AvgIpc) is 2.56. The van der Waals surface area contributed by atoms with E-state index in [2.05, 4.69) is 4.57 Å².